The van der Waals surface area contributed by atoms with Gasteiger partial charge < -0.3 is 0 Å². The zero-order valence-electron chi connectivity index (χ0n) is 20.9. The molecular formula is C31H26O2S3. The van der Waals surface area contributed by atoms with E-state index < -0.39 is 0 Å². The first-order chi connectivity index (χ1) is 17.2. The Labute approximate surface area is 224 Å². The second kappa shape index (κ2) is 9.74. The van der Waals surface area contributed by atoms with Crippen molar-refractivity contribution in [2.45, 2.75) is 34.6 Å². The van der Waals surface area contributed by atoms with Crippen LogP contribution in [0.1, 0.15) is 52.1 Å². The van der Waals surface area contributed by atoms with Gasteiger partial charge in [0.15, 0.2) is 11.6 Å². The minimum Gasteiger partial charge on any atom is -0.289 e. The maximum Gasteiger partial charge on any atom is 0.184 e. The Hall–Kier alpha value is -3.12. The summed E-state index contributed by atoms with van der Waals surface area (Å²) >= 11 is 5.23. The number of carbonyl (C=O) groups excluding carboxylic acids is 2. The van der Waals surface area contributed by atoms with Gasteiger partial charge in [-0.2, -0.15) is 0 Å². The molecule has 0 N–H and O–H groups in total. The number of aryl methyl sites for hydroxylation is 1. The van der Waals surface area contributed by atoms with Crippen molar-refractivity contribution in [1.29, 1.82) is 0 Å². The van der Waals surface area contributed by atoms with E-state index in [1.165, 1.54) is 14.6 Å². The molecular weight excluding hydrogens is 501 g/mol. The minimum atomic E-state index is 0.104. The Bertz CT molecular complexity index is 1540. The molecule has 0 bridgehead atoms. The van der Waals surface area contributed by atoms with Gasteiger partial charge in [-0.3, -0.25) is 9.59 Å². The number of thiophene rings is 3. The van der Waals surface area contributed by atoms with Crippen molar-refractivity contribution in [1.82, 2.24) is 0 Å². The summed E-state index contributed by atoms with van der Waals surface area (Å²) in [5.74, 6) is 0.209. The lowest BCUT2D eigenvalue weighted by molar-refractivity contribution is -0.113. The molecule has 2 aliphatic rings. The Morgan fingerprint density at radius 3 is 1.42 bits per heavy atom. The highest BCUT2D eigenvalue weighted by molar-refractivity contribution is 7.17. The summed E-state index contributed by atoms with van der Waals surface area (Å²) in [6, 6.07) is 12.9. The molecule has 2 nitrogen and oxygen atoms in total. The first kappa shape index (κ1) is 24.6. The van der Waals surface area contributed by atoms with Gasteiger partial charge in [0.05, 0.1) is 0 Å². The Morgan fingerprint density at radius 2 is 1.00 bits per heavy atom. The number of carbonyl (C=O) groups is 2. The molecule has 0 aromatic carbocycles. The molecule has 0 atom stereocenters. The highest BCUT2D eigenvalue weighted by Crippen LogP contribution is 2.43. The number of rotatable bonds is 4. The molecule has 180 valence electrons. The molecule has 0 amide bonds. The molecule has 5 heteroatoms. The maximum atomic E-state index is 12.5. The molecule has 2 aliphatic carbocycles. The molecule has 0 saturated carbocycles. The van der Waals surface area contributed by atoms with Crippen molar-refractivity contribution in [3.8, 4) is 0 Å². The summed E-state index contributed by atoms with van der Waals surface area (Å²) in [6.45, 7) is 9.68. The fourth-order valence-corrected chi connectivity index (χ4v) is 7.65. The average molecular weight is 527 g/mol. The van der Waals surface area contributed by atoms with Gasteiger partial charge in [0.25, 0.3) is 0 Å². The number of hydrogen-bond donors (Lipinski definition) is 0. The van der Waals surface area contributed by atoms with E-state index >= 15 is 0 Å². The van der Waals surface area contributed by atoms with Crippen molar-refractivity contribution in [2.75, 3.05) is 0 Å². The maximum absolute atomic E-state index is 12.5. The third-order valence-electron chi connectivity index (χ3n) is 6.35. The van der Waals surface area contributed by atoms with E-state index in [9.17, 15) is 9.59 Å². The summed E-state index contributed by atoms with van der Waals surface area (Å²) in [6.07, 6.45) is 8.05. The molecule has 0 radical (unpaired) electrons. The van der Waals surface area contributed by atoms with Crippen LogP contribution in [0.15, 0.2) is 99.5 Å². The highest BCUT2D eigenvalue weighted by atomic mass is 32.1. The van der Waals surface area contributed by atoms with Crippen LogP contribution >= 0.6 is 34.0 Å². The van der Waals surface area contributed by atoms with E-state index in [1.807, 2.05) is 52.0 Å². The van der Waals surface area contributed by atoms with E-state index in [-0.39, 0.29) is 11.6 Å². The standard InChI is InChI=1S/C31H26O2S3/c1-17-13-22(14-18(2)30(17)32)28(24-7-6-12-34-24)26-10-11-27(36-26)29(25-9-8-21(5)35-25)23-15-19(3)31(33)20(4)16-23/h6-16H,1-5H3. The zero-order chi connectivity index (χ0) is 25.6. The summed E-state index contributed by atoms with van der Waals surface area (Å²) in [5, 5.41) is 2.09. The number of hydrogen-bond acceptors (Lipinski definition) is 5. The molecule has 3 aromatic rings. The molecule has 5 rings (SSSR count). The fraction of sp³-hybridized carbons (Fsp3) is 0.161. The Morgan fingerprint density at radius 1 is 0.556 bits per heavy atom. The van der Waals surface area contributed by atoms with E-state index in [1.54, 1.807) is 34.0 Å². The molecule has 0 fully saturated rings. The minimum absolute atomic E-state index is 0.104. The SMILES string of the molecule is CC1=CC(=C(c2cccs2)c2ccc(C(=C3C=C(C)C(=O)C(C)=C3)c3ccc(C)s3)s2)C=C(C)C1=O. The molecule has 0 unspecified atom stereocenters. The van der Waals surface area contributed by atoms with Gasteiger partial charge in [-0.1, -0.05) is 6.07 Å². The third-order valence-corrected chi connectivity index (χ3v) is 9.38. The predicted octanol–water partition coefficient (Wildman–Crippen LogP) is 8.73. The predicted molar refractivity (Wildman–Crippen MR) is 155 cm³/mol. The lowest BCUT2D eigenvalue weighted by atomic mass is 9.91. The van der Waals surface area contributed by atoms with Crippen molar-refractivity contribution >= 4 is 56.7 Å². The van der Waals surface area contributed by atoms with Crippen molar-refractivity contribution < 1.29 is 9.59 Å². The van der Waals surface area contributed by atoms with Gasteiger partial charge in [-0.25, -0.2) is 0 Å². The largest absolute Gasteiger partial charge is 0.289 e. The molecule has 36 heavy (non-hydrogen) atoms. The van der Waals surface area contributed by atoms with Gasteiger partial charge in [0, 0.05) is 35.5 Å². The molecule has 0 spiro atoms. The summed E-state index contributed by atoms with van der Waals surface area (Å²) in [4.78, 5) is 30.8. The third kappa shape index (κ3) is 4.55. The molecule has 3 aromatic heterocycles. The molecule has 3 heterocycles. The van der Waals surface area contributed by atoms with E-state index in [0.29, 0.717) is 0 Å². The van der Waals surface area contributed by atoms with Gasteiger partial charge >= 0.3 is 0 Å². The topological polar surface area (TPSA) is 34.1 Å². The molecule has 0 aliphatic heterocycles. The lowest BCUT2D eigenvalue weighted by Crippen LogP contribution is -2.07. The molecule has 0 saturated heterocycles. The van der Waals surface area contributed by atoms with Crippen LogP contribution in [0.5, 0.6) is 0 Å². The summed E-state index contributed by atoms with van der Waals surface area (Å²) in [5.41, 5.74) is 7.50. The van der Waals surface area contributed by atoms with Crippen LogP contribution in [0.4, 0.5) is 0 Å². The number of Topliss-reactive ketones (excluding diaryl/α,β-unsaturated/α-hetero) is 2. The Kier molecular flexibility index (Phi) is 6.64. The smallest absolute Gasteiger partial charge is 0.184 e. The Balaban J connectivity index is 1.72. The number of ketones is 2. The first-order valence-electron chi connectivity index (χ1n) is 11.8. The second-order valence-corrected chi connectivity index (χ2v) is 12.5. The van der Waals surface area contributed by atoms with Gasteiger partial charge in [0.2, 0.25) is 0 Å². The summed E-state index contributed by atoms with van der Waals surface area (Å²) in [7, 11) is 0. The lowest BCUT2D eigenvalue weighted by Gasteiger charge is -2.15. The van der Waals surface area contributed by atoms with Gasteiger partial charge in [-0.15, -0.1) is 34.0 Å². The van der Waals surface area contributed by atoms with Crippen LogP contribution in [0, 0.1) is 6.92 Å². The van der Waals surface area contributed by atoms with Crippen LogP contribution in [0.25, 0.3) is 11.1 Å². The van der Waals surface area contributed by atoms with Crippen molar-refractivity contribution in [2.24, 2.45) is 0 Å². The number of allylic oxidation sites excluding steroid dienone is 10. The van der Waals surface area contributed by atoms with E-state index in [4.69, 9.17) is 0 Å². The first-order valence-corrected chi connectivity index (χ1v) is 14.3. The normalized spacial score (nSPS) is 16.0. The zero-order valence-corrected chi connectivity index (χ0v) is 23.3. The second-order valence-electron chi connectivity index (χ2n) is 9.18. The fourth-order valence-electron chi connectivity index (χ4n) is 4.60. The van der Waals surface area contributed by atoms with Crippen LogP contribution in [-0.4, -0.2) is 11.6 Å². The monoisotopic (exact) mass is 526 g/mol. The van der Waals surface area contributed by atoms with Gasteiger partial charge in [-0.05, 0) is 128 Å². The average Bonchev–Trinajstić information content (AvgIpc) is 3.60. The van der Waals surface area contributed by atoms with E-state index in [0.717, 1.165) is 54.3 Å². The van der Waals surface area contributed by atoms with Crippen LogP contribution in [-0.2, 0) is 9.59 Å². The van der Waals surface area contributed by atoms with Crippen molar-refractivity contribution in [3.63, 3.8) is 0 Å². The van der Waals surface area contributed by atoms with Crippen LogP contribution in [0.2, 0.25) is 0 Å². The summed E-state index contributed by atoms with van der Waals surface area (Å²) < 4.78 is 0. The van der Waals surface area contributed by atoms with Crippen LogP contribution in [0.3, 0.4) is 0 Å². The van der Waals surface area contributed by atoms with Crippen LogP contribution < -0.4 is 0 Å². The van der Waals surface area contributed by atoms with Crippen molar-refractivity contribution in [3.05, 3.63) is 124 Å². The van der Waals surface area contributed by atoms with E-state index in [2.05, 4.69) is 48.7 Å². The quantitative estimate of drug-likeness (QED) is 0.341. The van der Waals surface area contributed by atoms with Gasteiger partial charge in [0.1, 0.15) is 0 Å². The highest BCUT2D eigenvalue weighted by Gasteiger charge is 2.22.